The van der Waals surface area contributed by atoms with Crippen LogP contribution in [0.5, 0.6) is 0 Å². The Morgan fingerprint density at radius 1 is 1.35 bits per heavy atom. The monoisotopic (exact) mass is 318 g/mol. The van der Waals surface area contributed by atoms with E-state index in [-0.39, 0.29) is 5.56 Å². The quantitative estimate of drug-likeness (QED) is 0.806. The maximum atomic E-state index is 11.1. The summed E-state index contributed by atoms with van der Waals surface area (Å²) in [5.41, 5.74) is 1.20. The van der Waals surface area contributed by atoms with Gasteiger partial charge in [0.1, 0.15) is 5.76 Å². The number of hydrogen-bond donors (Lipinski definition) is 3. The van der Waals surface area contributed by atoms with E-state index in [4.69, 9.17) is 14.4 Å². The van der Waals surface area contributed by atoms with E-state index in [1.54, 1.807) is 6.07 Å². The zero-order chi connectivity index (χ0) is 16.7. The lowest BCUT2D eigenvalue weighted by Crippen LogP contribution is -2.38. The van der Waals surface area contributed by atoms with Gasteiger partial charge in [0.25, 0.3) is 11.5 Å². The first-order valence-corrected chi connectivity index (χ1v) is 7.70. The predicted octanol–water partition coefficient (Wildman–Crippen LogP) is 2.14. The minimum Gasteiger partial charge on any atom is -0.481 e. The summed E-state index contributed by atoms with van der Waals surface area (Å²) in [7, 11) is 0. The van der Waals surface area contributed by atoms with Crippen molar-refractivity contribution in [2.75, 3.05) is 6.54 Å². The van der Waals surface area contributed by atoms with E-state index in [1.165, 1.54) is 5.56 Å². The molecule has 23 heavy (non-hydrogen) atoms. The number of carboxylic acid groups (broad SMARTS) is 1. The van der Waals surface area contributed by atoms with Gasteiger partial charge >= 0.3 is 0 Å². The summed E-state index contributed by atoms with van der Waals surface area (Å²) in [4.78, 5) is 20.1. The lowest BCUT2D eigenvalue weighted by atomic mass is 9.87. The van der Waals surface area contributed by atoms with Crippen molar-refractivity contribution in [2.45, 2.75) is 38.1 Å². The van der Waals surface area contributed by atoms with Crippen molar-refractivity contribution in [3.8, 4) is 0 Å². The van der Waals surface area contributed by atoms with Gasteiger partial charge in [-0.25, -0.2) is 0 Å². The fourth-order valence-corrected chi connectivity index (χ4v) is 2.82. The average Bonchev–Trinajstić information content (AvgIpc) is 2.95. The largest absolute Gasteiger partial charge is 0.481 e. The lowest BCUT2D eigenvalue weighted by molar-refractivity contribution is -0.134. The van der Waals surface area contributed by atoms with Crippen LogP contribution in [0.25, 0.3) is 0 Å². The Morgan fingerprint density at radius 3 is 2.65 bits per heavy atom. The molecule has 2 aromatic rings. The smallest absolute Gasteiger partial charge is 0.300 e. The molecule has 3 N–H and O–H groups in total. The van der Waals surface area contributed by atoms with Crippen molar-refractivity contribution in [3.05, 3.63) is 58.1 Å². The van der Waals surface area contributed by atoms with Crippen molar-refractivity contribution in [1.29, 1.82) is 0 Å². The number of aromatic amines is 1. The Labute approximate surface area is 134 Å². The van der Waals surface area contributed by atoms with Crippen LogP contribution < -0.4 is 10.9 Å². The minimum atomic E-state index is -0.833. The molecule has 0 bridgehead atoms. The number of carboxylic acids is 1. The Bertz CT molecular complexity index is 658. The van der Waals surface area contributed by atoms with E-state index in [9.17, 15) is 4.79 Å². The molecule has 1 aromatic heterocycles. The molecule has 6 nitrogen and oxygen atoms in total. The second-order valence-corrected chi connectivity index (χ2v) is 5.70. The molecule has 0 aliphatic carbocycles. The number of rotatable bonds is 3. The van der Waals surface area contributed by atoms with Crippen LogP contribution in [0.2, 0.25) is 0 Å². The van der Waals surface area contributed by atoms with Crippen molar-refractivity contribution in [3.63, 3.8) is 0 Å². The highest BCUT2D eigenvalue weighted by Gasteiger charge is 2.25. The van der Waals surface area contributed by atoms with Crippen LogP contribution in [0, 0.1) is 0 Å². The maximum absolute atomic E-state index is 11.1. The second-order valence-electron chi connectivity index (χ2n) is 5.70. The number of hydrogen-bond acceptors (Lipinski definition) is 4. The second kappa shape index (κ2) is 8.33. The number of carbonyl (C=O) groups is 1. The van der Waals surface area contributed by atoms with Gasteiger partial charge in [-0.3, -0.25) is 9.59 Å². The fraction of sp³-hybridized carbons (Fsp3) is 0.412. The fourth-order valence-electron chi connectivity index (χ4n) is 2.82. The molecular weight excluding hydrogens is 296 g/mol. The van der Waals surface area contributed by atoms with Crippen molar-refractivity contribution < 1.29 is 14.4 Å². The van der Waals surface area contributed by atoms with Crippen molar-refractivity contribution in [2.24, 2.45) is 0 Å². The molecule has 6 heteroatoms. The van der Waals surface area contributed by atoms with Crippen LogP contribution >= 0.6 is 0 Å². The molecule has 124 valence electrons. The highest BCUT2D eigenvalue weighted by Crippen LogP contribution is 2.27. The van der Waals surface area contributed by atoms with Gasteiger partial charge in [0.2, 0.25) is 0 Å². The van der Waals surface area contributed by atoms with Crippen LogP contribution in [-0.4, -0.2) is 28.8 Å². The zero-order valence-electron chi connectivity index (χ0n) is 13.1. The highest BCUT2D eigenvalue weighted by atomic mass is 16.5. The molecule has 3 rings (SSSR count). The molecule has 1 aromatic carbocycles. The van der Waals surface area contributed by atoms with Gasteiger partial charge in [0.05, 0.1) is 0 Å². The SMILES string of the molecule is CC(=O)O.O=c1cc([C@@H]2CCN[C@@H](Cc3ccccc3)C2)o[nH]1. The molecule has 1 fully saturated rings. The van der Waals surface area contributed by atoms with Gasteiger partial charge in [-0.1, -0.05) is 30.3 Å². The topological polar surface area (TPSA) is 95.3 Å². The first-order chi connectivity index (χ1) is 11.0. The number of benzene rings is 1. The van der Waals surface area contributed by atoms with E-state index in [1.807, 2.05) is 6.07 Å². The first-order valence-electron chi connectivity index (χ1n) is 7.70. The van der Waals surface area contributed by atoms with E-state index < -0.39 is 5.97 Å². The summed E-state index contributed by atoms with van der Waals surface area (Å²) in [6.45, 7) is 2.05. The third kappa shape index (κ3) is 5.75. The summed E-state index contributed by atoms with van der Waals surface area (Å²) in [6.07, 6.45) is 3.05. The molecule has 0 amide bonds. The minimum absolute atomic E-state index is 0.145. The lowest BCUT2D eigenvalue weighted by Gasteiger charge is -2.29. The number of aliphatic carboxylic acids is 1. The number of H-pyrrole nitrogens is 1. The zero-order valence-corrected chi connectivity index (χ0v) is 13.1. The average molecular weight is 318 g/mol. The highest BCUT2D eigenvalue weighted by molar-refractivity contribution is 5.62. The van der Waals surface area contributed by atoms with Gasteiger partial charge in [-0.05, 0) is 31.4 Å². The molecule has 1 aliphatic heterocycles. The van der Waals surface area contributed by atoms with Crippen LogP contribution in [-0.2, 0) is 11.2 Å². The third-order valence-electron chi connectivity index (χ3n) is 3.76. The van der Waals surface area contributed by atoms with Crippen LogP contribution in [0.3, 0.4) is 0 Å². The normalized spacial score (nSPS) is 20.4. The predicted molar refractivity (Wildman–Crippen MR) is 86.6 cm³/mol. The van der Waals surface area contributed by atoms with Gasteiger partial charge in [0, 0.05) is 24.9 Å². The molecule has 0 radical (unpaired) electrons. The molecule has 0 unspecified atom stereocenters. The van der Waals surface area contributed by atoms with Gasteiger partial charge in [-0.15, -0.1) is 0 Å². The summed E-state index contributed by atoms with van der Waals surface area (Å²) in [5.74, 6) is 0.304. The standard InChI is InChI=1S/C15H18N2O2.C2H4O2/c18-15-10-14(19-17-15)12-6-7-16-13(9-12)8-11-4-2-1-3-5-11;1-2(3)4/h1-5,10,12-13,16H,6-9H2,(H,17,18);1H3,(H,3,4)/t12-,13+;/m1./s1. The Kier molecular flexibility index (Phi) is 6.17. The number of piperidine rings is 1. The van der Waals surface area contributed by atoms with E-state index in [0.717, 1.165) is 38.5 Å². The van der Waals surface area contributed by atoms with Crippen LogP contribution in [0.1, 0.15) is 37.0 Å². The van der Waals surface area contributed by atoms with E-state index >= 15 is 0 Å². The number of nitrogens with one attached hydrogen (secondary N) is 2. The Hall–Kier alpha value is -2.34. The molecule has 2 atom stereocenters. The first kappa shape index (κ1) is 17.0. The molecule has 2 heterocycles. The van der Waals surface area contributed by atoms with Crippen LogP contribution in [0.4, 0.5) is 0 Å². The maximum Gasteiger partial charge on any atom is 0.300 e. The summed E-state index contributed by atoms with van der Waals surface area (Å²) in [6, 6.07) is 12.5. The number of aromatic nitrogens is 1. The third-order valence-corrected chi connectivity index (χ3v) is 3.76. The van der Waals surface area contributed by atoms with E-state index in [0.29, 0.717) is 12.0 Å². The molecule has 0 spiro atoms. The molecule has 1 aliphatic rings. The summed E-state index contributed by atoms with van der Waals surface area (Å²) >= 11 is 0. The van der Waals surface area contributed by atoms with Crippen molar-refractivity contribution in [1.82, 2.24) is 10.5 Å². The Morgan fingerprint density at radius 2 is 2.04 bits per heavy atom. The van der Waals surface area contributed by atoms with E-state index in [2.05, 4.69) is 34.7 Å². The molecular formula is C17H22N2O4. The van der Waals surface area contributed by atoms with Gasteiger partial charge in [0.15, 0.2) is 0 Å². The van der Waals surface area contributed by atoms with Gasteiger partial charge < -0.3 is 14.9 Å². The summed E-state index contributed by atoms with van der Waals surface area (Å²) < 4.78 is 5.24. The summed E-state index contributed by atoms with van der Waals surface area (Å²) in [5, 5.41) is 13.3. The molecule has 0 saturated carbocycles. The Balaban J connectivity index is 0.000000433. The van der Waals surface area contributed by atoms with Crippen LogP contribution in [0.15, 0.2) is 45.7 Å². The molecule has 1 saturated heterocycles. The van der Waals surface area contributed by atoms with Crippen molar-refractivity contribution >= 4 is 5.97 Å². The van der Waals surface area contributed by atoms with Gasteiger partial charge in [-0.2, -0.15) is 5.16 Å².